The number of carbonyl (C=O) groups is 2. The number of amides is 2. The van der Waals surface area contributed by atoms with E-state index in [4.69, 9.17) is 5.73 Å². The first-order valence-corrected chi connectivity index (χ1v) is 7.10. The molecular weight excluding hydrogens is 339 g/mol. The number of carbonyl (C=O) groups excluding carboxylic acids is 2. The van der Waals surface area contributed by atoms with Gasteiger partial charge in [-0.2, -0.15) is 13.2 Å². The van der Waals surface area contributed by atoms with E-state index >= 15 is 0 Å². The van der Waals surface area contributed by atoms with Crippen LogP contribution in [0.1, 0.15) is 21.5 Å². The maximum absolute atomic E-state index is 12.7. The molecule has 9 heteroatoms. The molecule has 0 aliphatic rings. The van der Waals surface area contributed by atoms with Crippen LogP contribution in [0.25, 0.3) is 0 Å². The Morgan fingerprint density at radius 3 is 2.52 bits per heavy atom. The minimum absolute atomic E-state index is 0.0354. The summed E-state index contributed by atoms with van der Waals surface area (Å²) < 4.78 is 38.7. The average molecular weight is 353 g/mol. The molecule has 0 saturated carbocycles. The molecule has 2 amide bonds. The third-order valence-corrected chi connectivity index (χ3v) is 3.34. The van der Waals surface area contributed by atoms with Gasteiger partial charge in [0.25, 0.3) is 5.56 Å². The van der Waals surface area contributed by atoms with Crippen molar-refractivity contribution in [3.05, 3.63) is 69.6 Å². The van der Waals surface area contributed by atoms with Crippen molar-refractivity contribution in [1.82, 2.24) is 9.88 Å². The fraction of sp³-hybridized carbons (Fsp3) is 0.188. The molecule has 2 aromatic rings. The van der Waals surface area contributed by atoms with Gasteiger partial charge in [0.2, 0.25) is 11.8 Å². The molecule has 1 aromatic carbocycles. The van der Waals surface area contributed by atoms with E-state index < -0.39 is 35.7 Å². The Kier molecular flexibility index (Phi) is 5.26. The van der Waals surface area contributed by atoms with Gasteiger partial charge in [0.1, 0.15) is 12.1 Å². The summed E-state index contributed by atoms with van der Waals surface area (Å²) in [4.78, 5) is 34.7. The predicted octanol–water partition coefficient (Wildman–Crippen LogP) is 1.28. The molecule has 0 bridgehead atoms. The predicted molar refractivity (Wildman–Crippen MR) is 82.5 cm³/mol. The molecule has 0 atom stereocenters. The van der Waals surface area contributed by atoms with Crippen LogP contribution in [0, 0.1) is 0 Å². The Morgan fingerprint density at radius 1 is 1.16 bits per heavy atom. The second-order valence-electron chi connectivity index (χ2n) is 5.19. The van der Waals surface area contributed by atoms with Crippen LogP contribution in [0.3, 0.4) is 0 Å². The summed E-state index contributed by atoms with van der Waals surface area (Å²) in [7, 11) is 0. The SMILES string of the molecule is NC(=O)c1cccc(CNC(=O)Cn2cccc(C(F)(F)F)c2=O)c1. The van der Waals surface area contributed by atoms with Crippen LogP contribution in [0.2, 0.25) is 0 Å². The molecule has 1 heterocycles. The van der Waals surface area contributed by atoms with Gasteiger partial charge >= 0.3 is 6.18 Å². The van der Waals surface area contributed by atoms with Crippen molar-refractivity contribution in [2.75, 3.05) is 0 Å². The fourth-order valence-electron chi connectivity index (χ4n) is 2.12. The molecule has 6 nitrogen and oxygen atoms in total. The third kappa shape index (κ3) is 4.69. The zero-order valence-electron chi connectivity index (χ0n) is 12.8. The summed E-state index contributed by atoms with van der Waals surface area (Å²) in [5.74, 6) is -1.27. The Bertz CT molecular complexity index is 859. The number of primary amides is 1. The first kappa shape index (κ1) is 18.2. The van der Waals surface area contributed by atoms with Crippen molar-refractivity contribution in [2.24, 2.45) is 5.73 Å². The van der Waals surface area contributed by atoms with E-state index in [-0.39, 0.29) is 12.1 Å². The summed E-state index contributed by atoms with van der Waals surface area (Å²) in [6.07, 6.45) is -3.68. The highest BCUT2D eigenvalue weighted by molar-refractivity contribution is 5.92. The first-order valence-electron chi connectivity index (χ1n) is 7.10. The van der Waals surface area contributed by atoms with Crippen LogP contribution in [0.4, 0.5) is 13.2 Å². The number of halogens is 3. The van der Waals surface area contributed by atoms with Gasteiger partial charge in [-0.1, -0.05) is 12.1 Å². The lowest BCUT2D eigenvalue weighted by molar-refractivity contribution is -0.139. The van der Waals surface area contributed by atoms with Gasteiger partial charge in [0.15, 0.2) is 0 Å². The Labute approximate surface area is 140 Å². The number of pyridine rings is 1. The highest BCUT2D eigenvalue weighted by Crippen LogP contribution is 2.25. The normalized spacial score (nSPS) is 11.2. The van der Waals surface area contributed by atoms with Crippen LogP contribution >= 0.6 is 0 Å². The van der Waals surface area contributed by atoms with Gasteiger partial charge in [-0.25, -0.2) is 0 Å². The topological polar surface area (TPSA) is 94.2 Å². The minimum Gasteiger partial charge on any atom is -0.366 e. The van der Waals surface area contributed by atoms with E-state index in [2.05, 4.69) is 5.32 Å². The second kappa shape index (κ2) is 7.20. The number of hydrogen-bond acceptors (Lipinski definition) is 3. The van der Waals surface area contributed by atoms with Crippen molar-refractivity contribution in [3.63, 3.8) is 0 Å². The van der Waals surface area contributed by atoms with Crippen LogP contribution in [-0.2, 0) is 24.1 Å². The van der Waals surface area contributed by atoms with E-state index in [0.717, 1.165) is 12.3 Å². The molecule has 0 radical (unpaired) electrons. The lowest BCUT2D eigenvalue weighted by Gasteiger charge is -2.11. The summed E-state index contributed by atoms with van der Waals surface area (Å²) in [6.45, 7) is -0.522. The second-order valence-corrected chi connectivity index (χ2v) is 5.19. The van der Waals surface area contributed by atoms with Crippen LogP contribution in [0.15, 0.2) is 47.4 Å². The standard InChI is InChI=1S/C16H14F3N3O3/c17-16(18,19)12-5-2-6-22(15(12)25)9-13(23)21-8-10-3-1-4-11(7-10)14(20)24/h1-7H,8-9H2,(H2,20,24)(H,21,23). The molecular formula is C16H14F3N3O3. The number of rotatable bonds is 5. The summed E-state index contributed by atoms with van der Waals surface area (Å²) in [5.41, 5.74) is 3.37. The number of nitrogens with one attached hydrogen (secondary N) is 1. The minimum atomic E-state index is -4.79. The maximum Gasteiger partial charge on any atom is 0.421 e. The highest BCUT2D eigenvalue weighted by Gasteiger charge is 2.34. The number of nitrogens with two attached hydrogens (primary N) is 1. The molecule has 0 saturated heterocycles. The van der Waals surface area contributed by atoms with Gasteiger partial charge in [0, 0.05) is 18.3 Å². The zero-order valence-corrected chi connectivity index (χ0v) is 12.8. The van der Waals surface area contributed by atoms with Gasteiger partial charge in [-0.3, -0.25) is 14.4 Å². The number of aromatic nitrogens is 1. The number of alkyl halides is 3. The zero-order chi connectivity index (χ0) is 18.6. The quantitative estimate of drug-likeness (QED) is 0.848. The summed E-state index contributed by atoms with van der Waals surface area (Å²) in [6, 6.07) is 7.93. The van der Waals surface area contributed by atoms with E-state index in [1.165, 1.54) is 12.1 Å². The molecule has 0 aliphatic carbocycles. The van der Waals surface area contributed by atoms with Crippen LogP contribution in [0.5, 0.6) is 0 Å². The monoisotopic (exact) mass is 353 g/mol. The van der Waals surface area contributed by atoms with E-state index in [0.29, 0.717) is 16.2 Å². The third-order valence-electron chi connectivity index (χ3n) is 3.34. The largest absolute Gasteiger partial charge is 0.421 e. The molecule has 25 heavy (non-hydrogen) atoms. The van der Waals surface area contributed by atoms with E-state index in [1.807, 2.05) is 0 Å². The van der Waals surface area contributed by atoms with Gasteiger partial charge in [0.05, 0.1) is 0 Å². The van der Waals surface area contributed by atoms with E-state index in [1.54, 1.807) is 12.1 Å². The number of benzene rings is 1. The molecule has 3 N–H and O–H groups in total. The molecule has 0 spiro atoms. The van der Waals surface area contributed by atoms with Crippen molar-refractivity contribution in [3.8, 4) is 0 Å². The first-order chi connectivity index (χ1) is 11.7. The molecule has 0 unspecified atom stereocenters. The van der Waals surface area contributed by atoms with Crippen molar-refractivity contribution in [1.29, 1.82) is 0 Å². The van der Waals surface area contributed by atoms with Crippen molar-refractivity contribution >= 4 is 11.8 Å². The molecule has 0 fully saturated rings. The maximum atomic E-state index is 12.7. The number of hydrogen-bond donors (Lipinski definition) is 2. The summed E-state index contributed by atoms with van der Waals surface area (Å²) in [5, 5.41) is 2.47. The molecule has 0 aliphatic heterocycles. The van der Waals surface area contributed by atoms with Gasteiger partial charge in [-0.05, 0) is 29.8 Å². The van der Waals surface area contributed by atoms with Gasteiger partial charge in [-0.15, -0.1) is 0 Å². The number of nitrogens with zero attached hydrogens (tertiary/aromatic N) is 1. The highest BCUT2D eigenvalue weighted by atomic mass is 19.4. The fourth-order valence-corrected chi connectivity index (χ4v) is 2.12. The average Bonchev–Trinajstić information content (AvgIpc) is 2.54. The van der Waals surface area contributed by atoms with Crippen molar-refractivity contribution in [2.45, 2.75) is 19.3 Å². The molecule has 132 valence electrons. The van der Waals surface area contributed by atoms with Gasteiger partial charge < -0.3 is 15.6 Å². The Balaban J connectivity index is 2.05. The molecule has 2 rings (SSSR count). The Hall–Kier alpha value is -3.10. The molecule has 1 aromatic heterocycles. The smallest absolute Gasteiger partial charge is 0.366 e. The Morgan fingerprint density at radius 2 is 1.88 bits per heavy atom. The van der Waals surface area contributed by atoms with Crippen molar-refractivity contribution < 1.29 is 22.8 Å². The lowest BCUT2D eigenvalue weighted by atomic mass is 10.1. The van der Waals surface area contributed by atoms with Crippen LogP contribution in [-0.4, -0.2) is 16.4 Å². The summed E-state index contributed by atoms with van der Waals surface area (Å²) >= 11 is 0. The van der Waals surface area contributed by atoms with Crippen LogP contribution < -0.4 is 16.6 Å². The lowest BCUT2D eigenvalue weighted by Crippen LogP contribution is -2.34. The van der Waals surface area contributed by atoms with E-state index in [9.17, 15) is 27.6 Å².